The van der Waals surface area contributed by atoms with Gasteiger partial charge in [-0.2, -0.15) is 11.8 Å². The topological polar surface area (TPSA) is 166 Å². The predicted octanol–water partition coefficient (Wildman–Crippen LogP) is 2.23. The molecule has 4 unspecified atom stereocenters. The van der Waals surface area contributed by atoms with Gasteiger partial charge in [-0.3, -0.25) is 14.4 Å². The normalized spacial score (nSPS) is 14.2. The molecule has 2 aromatic carbocycles. The van der Waals surface area contributed by atoms with Crippen LogP contribution in [0.15, 0.2) is 60.8 Å². The van der Waals surface area contributed by atoms with Crippen molar-refractivity contribution in [1.29, 1.82) is 0 Å². The summed E-state index contributed by atoms with van der Waals surface area (Å²) in [5.74, 6) is -2.53. The Morgan fingerprint density at radius 2 is 1.54 bits per heavy atom. The summed E-state index contributed by atoms with van der Waals surface area (Å²) < 4.78 is 0. The van der Waals surface area contributed by atoms with Crippen LogP contribution < -0.4 is 21.7 Å². The first kappa shape index (κ1) is 31.7. The number of aromatic amines is 1. The number of nitrogens with one attached hydrogen (secondary N) is 4. The minimum atomic E-state index is -1.20. The van der Waals surface area contributed by atoms with Crippen molar-refractivity contribution in [2.24, 2.45) is 11.7 Å². The van der Waals surface area contributed by atoms with Gasteiger partial charge in [0.2, 0.25) is 17.7 Å². The van der Waals surface area contributed by atoms with Crippen molar-refractivity contribution in [2.75, 3.05) is 12.0 Å². The summed E-state index contributed by atoms with van der Waals surface area (Å²) in [4.78, 5) is 54.7. The number of aliphatic carboxylic acids is 1. The second kappa shape index (κ2) is 15.2. The summed E-state index contributed by atoms with van der Waals surface area (Å²) >= 11 is 1.50. The van der Waals surface area contributed by atoms with Crippen LogP contribution in [0.3, 0.4) is 0 Å². The fraction of sp³-hybridized carbons (Fsp3) is 0.400. The van der Waals surface area contributed by atoms with E-state index in [0.29, 0.717) is 12.2 Å². The minimum Gasteiger partial charge on any atom is -0.480 e. The summed E-state index contributed by atoms with van der Waals surface area (Å²) in [5, 5.41) is 18.8. The predicted molar refractivity (Wildman–Crippen MR) is 161 cm³/mol. The molecule has 220 valence electrons. The zero-order valence-corrected chi connectivity index (χ0v) is 24.4. The summed E-state index contributed by atoms with van der Waals surface area (Å²) in [6, 6.07) is 12.9. The van der Waals surface area contributed by atoms with Crippen LogP contribution in [0.1, 0.15) is 31.4 Å². The van der Waals surface area contributed by atoms with Crippen molar-refractivity contribution in [3.05, 3.63) is 71.9 Å². The van der Waals surface area contributed by atoms with Crippen LogP contribution in [-0.2, 0) is 32.0 Å². The molecule has 0 spiro atoms. The molecule has 0 radical (unpaired) electrons. The second-order valence-electron chi connectivity index (χ2n) is 10.3. The number of fused-ring (bicyclic) bond motifs is 1. The third-order valence-electron chi connectivity index (χ3n) is 6.84. The molecule has 0 fully saturated rings. The van der Waals surface area contributed by atoms with Gasteiger partial charge >= 0.3 is 5.97 Å². The number of rotatable bonds is 15. The molecule has 3 amide bonds. The number of benzene rings is 2. The minimum absolute atomic E-state index is 0.0677. The van der Waals surface area contributed by atoms with Crippen LogP contribution in [-0.4, -0.2) is 70.0 Å². The number of carboxylic acid groups (broad SMARTS) is 1. The molecular formula is C30H39N5O5S. The van der Waals surface area contributed by atoms with Crippen LogP contribution in [0, 0.1) is 5.92 Å². The number of carbonyl (C=O) groups is 4. The number of amides is 3. The SMILES string of the molecule is CSCCC(NC(=O)C(NC(=O)C(N)Cc1ccccc1)C(C)C)C(=O)NC(Cc1c[nH]c2ccccc12)C(=O)O. The number of aromatic nitrogens is 1. The van der Waals surface area contributed by atoms with Crippen LogP contribution in [0.5, 0.6) is 0 Å². The summed E-state index contributed by atoms with van der Waals surface area (Å²) in [7, 11) is 0. The number of carbonyl (C=O) groups excluding carboxylic acids is 3. The number of nitrogens with two attached hydrogens (primary N) is 1. The van der Waals surface area contributed by atoms with E-state index in [1.54, 1.807) is 20.0 Å². The lowest BCUT2D eigenvalue weighted by atomic mass is 10.0. The lowest BCUT2D eigenvalue weighted by molar-refractivity contribution is -0.142. The molecule has 1 aromatic heterocycles. The van der Waals surface area contributed by atoms with Crippen molar-refractivity contribution >= 4 is 46.4 Å². The standard InChI is InChI=1S/C30H39N5O5S/c1-18(2)26(35-27(36)22(31)15-19-9-5-4-6-10-19)29(38)33-24(13-14-41-3)28(37)34-25(30(39)40)16-20-17-32-23-12-8-7-11-21(20)23/h4-12,17-18,22,24-26,32H,13-16,31H2,1-3H3,(H,33,38)(H,34,37)(H,35,36)(H,39,40). The summed E-state index contributed by atoms with van der Waals surface area (Å²) in [6.07, 6.45) is 4.27. The first-order valence-corrected chi connectivity index (χ1v) is 15.0. The molecular weight excluding hydrogens is 542 g/mol. The Morgan fingerprint density at radius 3 is 2.20 bits per heavy atom. The van der Waals surface area contributed by atoms with Crippen molar-refractivity contribution < 1.29 is 24.3 Å². The summed E-state index contributed by atoms with van der Waals surface area (Å²) in [6.45, 7) is 3.57. The van der Waals surface area contributed by atoms with E-state index >= 15 is 0 Å². The van der Waals surface area contributed by atoms with E-state index in [1.807, 2.05) is 60.9 Å². The number of thioether (sulfide) groups is 1. The number of para-hydroxylation sites is 1. The van der Waals surface area contributed by atoms with E-state index in [9.17, 15) is 24.3 Å². The highest BCUT2D eigenvalue weighted by Gasteiger charge is 2.32. The number of carboxylic acids is 1. The van der Waals surface area contributed by atoms with Crippen molar-refractivity contribution in [3.8, 4) is 0 Å². The van der Waals surface area contributed by atoms with E-state index in [2.05, 4.69) is 20.9 Å². The van der Waals surface area contributed by atoms with Gasteiger partial charge in [0.05, 0.1) is 6.04 Å². The van der Waals surface area contributed by atoms with Gasteiger partial charge in [-0.25, -0.2) is 4.79 Å². The van der Waals surface area contributed by atoms with Gasteiger partial charge in [0.25, 0.3) is 0 Å². The van der Waals surface area contributed by atoms with Gasteiger partial charge in [-0.1, -0.05) is 62.4 Å². The highest BCUT2D eigenvalue weighted by Crippen LogP contribution is 2.19. The quantitative estimate of drug-likeness (QED) is 0.160. The van der Waals surface area contributed by atoms with Gasteiger partial charge in [-0.15, -0.1) is 0 Å². The maximum atomic E-state index is 13.3. The molecule has 10 nitrogen and oxygen atoms in total. The van der Waals surface area contributed by atoms with Gasteiger partial charge in [-0.05, 0) is 48.0 Å². The van der Waals surface area contributed by atoms with Crippen LogP contribution in [0.2, 0.25) is 0 Å². The van der Waals surface area contributed by atoms with Crippen molar-refractivity contribution in [3.63, 3.8) is 0 Å². The molecule has 0 aliphatic heterocycles. The van der Waals surface area contributed by atoms with E-state index in [1.165, 1.54) is 11.8 Å². The monoisotopic (exact) mass is 581 g/mol. The first-order chi connectivity index (χ1) is 19.6. The van der Waals surface area contributed by atoms with Gasteiger partial charge < -0.3 is 31.8 Å². The maximum absolute atomic E-state index is 13.3. The second-order valence-corrected chi connectivity index (χ2v) is 11.3. The zero-order chi connectivity index (χ0) is 29.9. The lowest BCUT2D eigenvalue weighted by Gasteiger charge is -2.27. The molecule has 3 rings (SSSR count). The Bertz CT molecular complexity index is 1330. The van der Waals surface area contributed by atoms with E-state index in [0.717, 1.165) is 22.0 Å². The largest absolute Gasteiger partial charge is 0.480 e. The number of hydrogen-bond donors (Lipinski definition) is 6. The molecule has 0 aliphatic carbocycles. The van der Waals surface area contributed by atoms with Crippen molar-refractivity contribution in [2.45, 2.75) is 57.3 Å². The third-order valence-corrected chi connectivity index (χ3v) is 7.48. The molecule has 41 heavy (non-hydrogen) atoms. The Kier molecular flexibility index (Phi) is 11.8. The Labute approximate surface area is 244 Å². The van der Waals surface area contributed by atoms with E-state index in [4.69, 9.17) is 5.73 Å². The Morgan fingerprint density at radius 1 is 0.878 bits per heavy atom. The third kappa shape index (κ3) is 9.09. The first-order valence-electron chi connectivity index (χ1n) is 13.6. The molecule has 1 heterocycles. The molecule has 4 atom stereocenters. The maximum Gasteiger partial charge on any atom is 0.326 e. The summed E-state index contributed by atoms with van der Waals surface area (Å²) in [5.41, 5.74) is 8.64. The van der Waals surface area contributed by atoms with Crippen LogP contribution in [0.25, 0.3) is 10.9 Å². The molecule has 3 aromatic rings. The molecule has 11 heteroatoms. The highest BCUT2D eigenvalue weighted by molar-refractivity contribution is 7.98. The number of H-pyrrole nitrogens is 1. The van der Waals surface area contributed by atoms with Crippen LogP contribution in [0.4, 0.5) is 0 Å². The highest BCUT2D eigenvalue weighted by atomic mass is 32.2. The van der Waals surface area contributed by atoms with Gasteiger partial charge in [0, 0.05) is 23.5 Å². The molecule has 0 aliphatic rings. The fourth-order valence-electron chi connectivity index (χ4n) is 4.51. The van der Waals surface area contributed by atoms with Gasteiger partial charge in [0.15, 0.2) is 0 Å². The van der Waals surface area contributed by atoms with Crippen molar-refractivity contribution in [1.82, 2.24) is 20.9 Å². The fourth-order valence-corrected chi connectivity index (χ4v) is 4.99. The Balaban J connectivity index is 1.68. The Hall–Kier alpha value is -3.83. The van der Waals surface area contributed by atoms with Gasteiger partial charge in [0.1, 0.15) is 18.1 Å². The number of hydrogen-bond acceptors (Lipinski definition) is 6. The lowest BCUT2D eigenvalue weighted by Crippen LogP contribution is -2.58. The van der Waals surface area contributed by atoms with Crippen LogP contribution >= 0.6 is 11.8 Å². The average Bonchev–Trinajstić information content (AvgIpc) is 3.36. The smallest absolute Gasteiger partial charge is 0.326 e. The molecule has 0 saturated heterocycles. The molecule has 0 bridgehead atoms. The molecule has 0 saturated carbocycles. The average molecular weight is 582 g/mol. The zero-order valence-electron chi connectivity index (χ0n) is 23.6. The molecule has 7 N–H and O–H groups in total. The van der Waals surface area contributed by atoms with E-state index in [-0.39, 0.29) is 18.8 Å². The van der Waals surface area contributed by atoms with E-state index < -0.39 is 47.9 Å².